The van der Waals surface area contributed by atoms with Crippen molar-refractivity contribution in [3.05, 3.63) is 88.9 Å². The van der Waals surface area contributed by atoms with Crippen LogP contribution in [-0.4, -0.2) is 35.4 Å². The van der Waals surface area contributed by atoms with Gasteiger partial charge < -0.3 is 19.4 Å². The number of nitrogens with zero attached hydrogens (tertiary/aromatic N) is 1. The zero-order valence-electron chi connectivity index (χ0n) is 18.9. The minimum Gasteiger partial charge on any atom is -0.481 e. The molecule has 3 aromatic rings. The zero-order chi connectivity index (χ0) is 22.9. The smallest absolute Gasteiger partial charge is 0.290 e. The number of fused-ring (bicyclic) bond motifs is 1. The largest absolute Gasteiger partial charge is 0.481 e. The van der Waals surface area contributed by atoms with E-state index in [0.29, 0.717) is 24.1 Å². The quantitative estimate of drug-likeness (QED) is 0.611. The molecule has 170 valence electrons. The van der Waals surface area contributed by atoms with Crippen molar-refractivity contribution >= 4 is 11.8 Å². The van der Waals surface area contributed by atoms with E-state index < -0.39 is 6.10 Å². The van der Waals surface area contributed by atoms with Gasteiger partial charge in [0.25, 0.3) is 11.8 Å². The first-order valence-corrected chi connectivity index (χ1v) is 11.5. The Balaban J connectivity index is 1.49. The molecule has 0 saturated heterocycles. The molecule has 0 spiro atoms. The monoisotopic (exact) mass is 444 g/mol. The fourth-order valence-corrected chi connectivity index (χ4v) is 4.43. The number of nitrogens with one attached hydrogen (secondary N) is 1. The molecule has 1 aliphatic carbocycles. The van der Waals surface area contributed by atoms with Gasteiger partial charge in [-0.3, -0.25) is 9.59 Å². The molecule has 0 bridgehead atoms. The first kappa shape index (κ1) is 21.3. The molecule has 2 aliphatic rings. The van der Waals surface area contributed by atoms with Crippen LogP contribution >= 0.6 is 0 Å². The molecule has 1 aromatic heterocycles. The highest BCUT2D eigenvalue weighted by molar-refractivity contribution is 5.92. The summed E-state index contributed by atoms with van der Waals surface area (Å²) in [6, 6.07) is 17.6. The minimum absolute atomic E-state index is 0.0971. The van der Waals surface area contributed by atoms with Crippen molar-refractivity contribution in [3.63, 3.8) is 0 Å². The van der Waals surface area contributed by atoms with Gasteiger partial charge in [-0.2, -0.15) is 0 Å². The molecule has 6 nitrogen and oxygen atoms in total. The number of hydrogen-bond donors (Lipinski definition) is 1. The van der Waals surface area contributed by atoms with Crippen molar-refractivity contribution in [1.82, 2.24) is 10.2 Å². The Morgan fingerprint density at radius 2 is 1.97 bits per heavy atom. The Morgan fingerprint density at radius 1 is 1.12 bits per heavy atom. The van der Waals surface area contributed by atoms with Crippen LogP contribution in [-0.2, 0) is 11.2 Å². The second-order valence-corrected chi connectivity index (χ2v) is 8.95. The first-order chi connectivity index (χ1) is 16.0. The molecule has 1 fully saturated rings. The van der Waals surface area contributed by atoms with Crippen LogP contribution < -0.4 is 10.1 Å². The molecule has 33 heavy (non-hydrogen) atoms. The number of carbonyl (C=O) groups excluding carboxylic acids is 2. The maximum atomic E-state index is 13.3. The molecule has 0 radical (unpaired) electrons. The second kappa shape index (κ2) is 8.77. The van der Waals surface area contributed by atoms with Gasteiger partial charge in [-0.05, 0) is 74.1 Å². The van der Waals surface area contributed by atoms with Crippen LogP contribution in [0.5, 0.6) is 5.75 Å². The van der Waals surface area contributed by atoms with Crippen molar-refractivity contribution in [1.29, 1.82) is 0 Å². The predicted octanol–water partition coefficient (Wildman–Crippen LogP) is 4.42. The van der Waals surface area contributed by atoms with Crippen molar-refractivity contribution in [3.8, 4) is 5.75 Å². The molecule has 0 unspecified atom stereocenters. The van der Waals surface area contributed by atoms with Crippen molar-refractivity contribution < 1.29 is 18.7 Å². The van der Waals surface area contributed by atoms with Gasteiger partial charge in [0.2, 0.25) is 0 Å². The Kier molecular flexibility index (Phi) is 5.67. The summed E-state index contributed by atoms with van der Waals surface area (Å²) in [5.41, 5.74) is 4.35. The van der Waals surface area contributed by atoms with E-state index in [1.165, 1.54) is 11.8 Å². The lowest BCUT2D eigenvalue weighted by Gasteiger charge is -2.37. The SMILES string of the molecule is Cc1cccc([C@H]2c3cc(O[C@@H](C)C(=O)NC4CC4)ccc3CCN2C(=O)c2ccco2)c1. The molecule has 2 aromatic carbocycles. The highest BCUT2D eigenvalue weighted by Gasteiger charge is 2.34. The number of carbonyl (C=O) groups is 2. The summed E-state index contributed by atoms with van der Waals surface area (Å²) < 4.78 is 11.4. The van der Waals surface area contributed by atoms with Crippen LogP contribution in [0.1, 0.15) is 58.6 Å². The molecular weight excluding hydrogens is 416 g/mol. The molecule has 2 amide bonds. The minimum atomic E-state index is -0.592. The molecule has 5 rings (SSSR count). The molecule has 1 N–H and O–H groups in total. The van der Waals surface area contributed by atoms with Gasteiger partial charge in [-0.25, -0.2) is 0 Å². The lowest BCUT2D eigenvalue weighted by Crippen LogP contribution is -2.40. The van der Waals surface area contributed by atoms with E-state index in [1.807, 2.05) is 42.2 Å². The summed E-state index contributed by atoms with van der Waals surface area (Å²) in [6.07, 6.45) is 3.74. The van der Waals surface area contributed by atoms with Gasteiger partial charge in [0, 0.05) is 12.6 Å². The number of amides is 2. The van der Waals surface area contributed by atoms with Crippen molar-refractivity contribution in [2.24, 2.45) is 0 Å². The van der Waals surface area contributed by atoms with E-state index in [0.717, 1.165) is 36.0 Å². The normalized spacial score (nSPS) is 18.4. The van der Waals surface area contributed by atoms with E-state index in [2.05, 4.69) is 17.4 Å². The molecular formula is C27H28N2O4. The van der Waals surface area contributed by atoms with Crippen molar-refractivity contribution in [2.75, 3.05) is 6.54 Å². The third-order valence-electron chi connectivity index (χ3n) is 6.30. The predicted molar refractivity (Wildman–Crippen MR) is 124 cm³/mol. The maximum Gasteiger partial charge on any atom is 0.290 e. The summed E-state index contributed by atoms with van der Waals surface area (Å²) in [4.78, 5) is 27.6. The lowest BCUT2D eigenvalue weighted by molar-refractivity contribution is -0.127. The summed E-state index contributed by atoms with van der Waals surface area (Å²) in [5.74, 6) is 0.715. The second-order valence-electron chi connectivity index (χ2n) is 8.95. The van der Waals surface area contributed by atoms with Crippen LogP contribution in [0.25, 0.3) is 0 Å². The Labute approximate surface area is 193 Å². The summed E-state index contributed by atoms with van der Waals surface area (Å²) in [6.45, 7) is 4.40. The summed E-state index contributed by atoms with van der Waals surface area (Å²) >= 11 is 0. The number of ether oxygens (including phenoxy) is 1. The van der Waals surface area contributed by atoms with E-state index in [9.17, 15) is 9.59 Å². The highest BCUT2D eigenvalue weighted by Crippen LogP contribution is 2.38. The molecule has 6 heteroatoms. The van der Waals surface area contributed by atoms with Gasteiger partial charge in [-0.1, -0.05) is 35.9 Å². The number of aryl methyl sites for hydroxylation is 1. The van der Waals surface area contributed by atoms with E-state index >= 15 is 0 Å². The highest BCUT2D eigenvalue weighted by atomic mass is 16.5. The average Bonchev–Trinajstić information content (AvgIpc) is 3.45. The topological polar surface area (TPSA) is 71.8 Å². The Hall–Kier alpha value is -3.54. The molecule has 2 heterocycles. The van der Waals surface area contributed by atoms with Crippen molar-refractivity contribution in [2.45, 2.75) is 51.3 Å². The van der Waals surface area contributed by atoms with Crippen LogP contribution in [0.4, 0.5) is 0 Å². The Bertz CT molecular complexity index is 1170. The number of furan rings is 1. The van der Waals surface area contributed by atoms with Gasteiger partial charge in [-0.15, -0.1) is 0 Å². The molecule has 2 atom stereocenters. The first-order valence-electron chi connectivity index (χ1n) is 11.5. The van der Waals surface area contributed by atoms with Gasteiger partial charge in [0.1, 0.15) is 5.75 Å². The maximum absolute atomic E-state index is 13.3. The average molecular weight is 445 g/mol. The summed E-state index contributed by atoms with van der Waals surface area (Å²) in [5, 5.41) is 2.99. The molecule has 1 saturated carbocycles. The van der Waals surface area contributed by atoms with Gasteiger partial charge >= 0.3 is 0 Å². The fourth-order valence-electron chi connectivity index (χ4n) is 4.43. The standard InChI is InChI=1S/C27H28N2O4/c1-17-5-3-6-20(15-17)25-23-16-22(33-18(2)26(30)28-21-9-10-21)11-8-19(23)12-13-29(25)27(31)24-7-4-14-32-24/h3-8,11,14-16,18,21,25H,9-10,12-13H2,1-2H3,(H,28,30)/t18-,25-/m0/s1. The zero-order valence-corrected chi connectivity index (χ0v) is 18.9. The lowest BCUT2D eigenvalue weighted by atomic mass is 9.87. The Morgan fingerprint density at radius 3 is 2.70 bits per heavy atom. The van der Waals surface area contributed by atoms with E-state index in [4.69, 9.17) is 9.15 Å². The fraction of sp³-hybridized carbons (Fsp3) is 0.333. The number of rotatable bonds is 6. The summed E-state index contributed by atoms with van der Waals surface area (Å²) in [7, 11) is 0. The van der Waals surface area contributed by atoms with Crippen LogP contribution in [0.2, 0.25) is 0 Å². The number of hydrogen-bond acceptors (Lipinski definition) is 4. The van der Waals surface area contributed by atoms with Gasteiger partial charge in [0.05, 0.1) is 12.3 Å². The third-order valence-corrected chi connectivity index (χ3v) is 6.30. The van der Waals surface area contributed by atoms with Crippen LogP contribution in [0, 0.1) is 6.92 Å². The van der Waals surface area contributed by atoms with Crippen LogP contribution in [0.3, 0.4) is 0 Å². The van der Waals surface area contributed by atoms with Gasteiger partial charge in [0.15, 0.2) is 11.9 Å². The van der Waals surface area contributed by atoms with E-state index in [1.54, 1.807) is 19.1 Å². The van der Waals surface area contributed by atoms with Crippen LogP contribution in [0.15, 0.2) is 65.3 Å². The third kappa shape index (κ3) is 4.51. The number of benzene rings is 2. The van der Waals surface area contributed by atoms with E-state index in [-0.39, 0.29) is 17.9 Å². The molecule has 1 aliphatic heterocycles.